The van der Waals surface area contributed by atoms with E-state index in [1.54, 1.807) is 6.08 Å². The first-order valence-corrected chi connectivity index (χ1v) is 10.1. The number of rotatable bonds is 0. The molecular formula is C22H28O4. The molecule has 1 spiro atoms. The van der Waals surface area contributed by atoms with Gasteiger partial charge in [0.15, 0.2) is 5.78 Å². The quantitative estimate of drug-likeness (QED) is 0.676. The predicted molar refractivity (Wildman–Crippen MR) is 96.1 cm³/mol. The maximum atomic E-state index is 11.9. The molecule has 4 aliphatic carbocycles. The third-order valence-corrected chi connectivity index (χ3v) is 8.79. The largest absolute Gasteiger partial charge is 0.458 e. The number of ketones is 1. The molecule has 5 aliphatic rings. The average molecular weight is 356 g/mol. The molecule has 2 saturated carbocycles. The number of ether oxygens (including phenoxy) is 1. The molecule has 3 fully saturated rings. The SMILES string of the molecule is C[C@]12CCC(=O)C=C1C=C[C@H]1[C@H]2[C@@H](O)C[C@@]2(C)[C@@H]1CC[C@@]21CCC(=O)O1. The molecule has 140 valence electrons. The second-order valence-corrected chi connectivity index (χ2v) is 9.75. The van der Waals surface area contributed by atoms with E-state index in [0.717, 1.165) is 31.3 Å². The van der Waals surface area contributed by atoms with Gasteiger partial charge in [-0.1, -0.05) is 26.0 Å². The minimum Gasteiger partial charge on any atom is -0.458 e. The Labute approximate surface area is 154 Å². The van der Waals surface area contributed by atoms with Gasteiger partial charge in [-0.2, -0.15) is 0 Å². The van der Waals surface area contributed by atoms with Crippen molar-refractivity contribution in [1.29, 1.82) is 0 Å². The monoisotopic (exact) mass is 356 g/mol. The number of aliphatic hydroxyl groups excluding tert-OH is 1. The van der Waals surface area contributed by atoms with E-state index < -0.39 is 6.10 Å². The van der Waals surface area contributed by atoms with Crippen molar-refractivity contribution < 1.29 is 19.4 Å². The lowest BCUT2D eigenvalue weighted by molar-refractivity contribution is -0.177. The highest BCUT2D eigenvalue weighted by Gasteiger charge is 2.68. The molecule has 0 amide bonds. The van der Waals surface area contributed by atoms with Gasteiger partial charge >= 0.3 is 5.97 Å². The summed E-state index contributed by atoms with van der Waals surface area (Å²) in [4.78, 5) is 23.8. The molecule has 0 aromatic rings. The van der Waals surface area contributed by atoms with Gasteiger partial charge in [-0.15, -0.1) is 0 Å². The van der Waals surface area contributed by atoms with Crippen LogP contribution in [0.2, 0.25) is 0 Å². The molecule has 26 heavy (non-hydrogen) atoms. The molecule has 0 unspecified atom stereocenters. The summed E-state index contributed by atoms with van der Waals surface area (Å²) >= 11 is 0. The van der Waals surface area contributed by atoms with Crippen molar-refractivity contribution in [2.24, 2.45) is 28.6 Å². The summed E-state index contributed by atoms with van der Waals surface area (Å²) in [5.41, 5.74) is 0.425. The van der Waals surface area contributed by atoms with E-state index in [0.29, 0.717) is 25.2 Å². The van der Waals surface area contributed by atoms with Gasteiger partial charge in [0.2, 0.25) is 0 Å². The molecule has 1 heterocycles. The molecule has 0 aromatic carbocycles. The van der Waals surface area contributed by atoms with E-state index in [9.17, 15) is 14.7 Å². The summed E-state index contributed by atoms with van der Waals surface area (Å²) in [5, 5.41) is 11.3. The Morgan fingerprint density at radius 3 is 2.69 bits per heavy atom. The minimum atomic E-state index is -0.429. The predicted octanol–water partition coefficient (Wildman–Crippen LogP) is 3.34. The van der Waals surface area contributed by atoms with Crippen molar-refractivity contribution in [2.75, 3.05) is 0 Å². The number of fused-ring (bicyclic) bond motifs is 6. The van der Waals surface area contributed by atoms with Gasteiger partial charge in [-0.3, -0.25) is 9.59 Å². The molecule has 5 rings (SSSR count). The maximum Gasteiger partial charge on any atom is 0.306 e. The van der Waals surface area contributed by atoms with Crippen molar-refractivity contribution in [3.63, 3.8) is 0 Å². The first kappa shape index (κ1) is 16.7. The molecule has 1 aliphatic heterocycles. The van der Waals surface area contributed by atoms with Crippen LogP contribution >= 0.6 is 0 Å². The van der Waals surface area contributed by atoms with Crippen LogP contribution < -0.4 is 0 Å². The molecule has 4 heteroatoms. The fourth-order valence-electron chi connectivity index (χ4n) is 7.41. The number of carbonyl (C=O) groups excluding carboxylic acids is 2. The fraction of sp³-hybridized carbons (Fsp3) is 0.727. The van der Waals surface area contributed by atoms with Crippen LogP contribution in [0.25, 0.3) is 0 Å². The summed E-state index contributed by atoms with van der Waals surface area (Å²) in [7, 11) is 0. The number of hydrogen-bond acceptors (Lipinski definition) is 4. The third-order valence-electron chi connectivity index (χ3n) is 8.79. The van der Waals surface area contributed by atoms with Crippen LogP contribution in [-0.4, -0.2) is 28.6 Å². The molecule has 4 nitrogen and oxygen atoms in total. The van der Waals surface area contributed by atoms with Gasteiger partial charge in [-0.25, -0.2) is 0 Å². The molecule has 0 radical (unpaired) electrons. The summed E-state index contributed by atoms with van der Waals surface area (Å²) in [5.74, 6) is 0.989. The summed E-state index contributed by atoms with van der Waals surface area (Å²) < 4.78 is 5.93. The van der Waals surface area contributed by atoms with E-state index in [2.05, 4.69) is 26.0 Å². The average Bonchev–Trinajstić information content (AvgIpc) is 3.09. The Bertz CT molecular complexity index is 751. The second kappa shape index (κ2) is 5.09. The van der Waals surface area contributed by atoms with E-state index >= 15 is 0 Å². The smallest absolute Gasteiger partial charge is 0.306 e. The summed E-state index contributed by atoms with van der Waals surface area (Å²) in [6, 6.07) is 0. The van der Waals surface area contributed by atoms with E-state index in [1.165, 1.54) is 0 Å². The second-order valence-electron chi connectivity index (χ2n) is 9.75. The molecule has 1 saturated heterocycles. The Hall–Kier alpha value is -1.42. The van der Waals surface area contributed by atoms with Crippen molar-refractivity contribution in [3.8, 4) is 0 Å². The lowest BCUT2D eigenvalue weighted by atomic mass is 9.47. The van der Waals surface area contributed by atoms with Crippen molar-refractivity contribution in [2.45, 2.75) is 70.5 Å². The topological polar surface area (TPSA) is 63.6 Å². The molecule has 1 N–H and O–H groups in total. The van der Waals surface area contributed by atoms with Crippen molar-refractivity contribution >= 4 is 11.8 Å². The number of carbonyl (C=O) groups is 2. The van der Waals surface area contributed by atoms with Crippen LogP contribution in [0, 0.1) is 28.6 Å². The Morgan fingerprint density at radius 1 is 1.15 bits per heavy atom. The normalized spacial score (nSPS) is 52.3. The van der Waals surface area contributed by atoms with Gasteiger partial charge in [0.25, 0.3) is 0 Å². The Kier molecular flexibility index (Phi) is 3.28. The maximum absolute atomic E-state index is 11.9. The van der Waals surface area contributed by atoms with Gasteiger partial charge in [0.05, 0.1) is 6.10 Å². The van der Waals surface area contributed by atoms with Gasteiger partial charge in [-0.05, 0) is 61.0 Å². The Balaban J connectivity index is 1.58. The van der Waals surface area contributed by atoms with Crippen molar-refractivity contribution in [3.05, 3.63) is 23.8 Å². The first-order valence-electron chi connectivity index (χ1n) is 10.1. The standard InChI is InChI=1S/C22H28O4/c1-20-8-5-14(23)11-13(20)3-4-15-16-6-9-22(10-7-18(25)26-22)21(16,2)12-17(24)19(15)20/h3-4,11,15-17,19,24H,5-10,12H2,1-2H3/t15-,16-,17+,19+,20+,21+,22-/m1/s1. The van der Waals surface area contributed by atoms with E-state index in [1.807, 2.05) is 0 Å². The van der Waals surface area contributed by atoms with Gasteiger partial charge < -0.3 is 9.84 Å². The number of aliphatic hydroxyl groups is 1. The van der Waals surface area contributed by atoms with Crippen LogP contribution in [-0.2, 0) is 14.3 Å². The Morgan fingerprint density at radius 2 is 1.96 bits per heavy atom. The van der Waals surface area contributed by atoms with Gasteiger partial charge in [0, 0.05) is 24.2 Å². The van der Waals surface area contributed by atoms with E-state index in [-0.39, 0.29) is 40.0 Å². The van der Waals surface area contributed by atoms with Gasteiger partial charge in [0.1, 0.15) is 5.60 Å². The lowest BCUT2D eigenvalue weighted by Gasteiger charge is -2.58. The van der Waals surface area contributed by atoms with Crippen molar-refractivity contribution in [1.82, 2.24) is 0 Å². The first-order chi connectivity index (χ1) is 12.3. The summed E-state index contributed by atoms with van der Waals surface area (Å²) in [6.07, 6.45) is 11.1. The molecular weight excluding hydrogens is 328 g/mol. The molecule has 0 aromatic heterocycles. The highest BCUT2D eigenvalue weighted by atomic mass is 16.6. The molecule has 7 atom stereocenters. The van der Waals surface area contributed by atoms with Crippen LogP contribution in [0.4, 0.5) is 0 Å². The summed E-state index contributed by atoms with van der Waals surface area (Å²) in [6.45, 7) is 4.48. The highest BCUT2D eigenvalue weighted by Crippen LogP contribution is 2.68. The zero-order valence-corrected chi connectivity index (χ0v) is 15.7. The zero-order chi connectivity index (χ0) is 18.3. The van der Waals surface area contributed by atoms with Crippen LogP contribution in [0.5, 0.6) is 0 Å². The lowest BCUT2D eigenvalue weighted by Crippen LogP contribution is -2.58. The number of esters is 1. The van der Waals surface area contributed by atoms with Crippen LogP contribution in [0.15, 0.2) is 23.8 Å². The van der Waals surface area contributed by atoms with Crippen LogP contribution in [0.1, 0.15) is 58.8 Å². The van der Waals surface area contributed by atoms with Crippen LogP contribution in [0.3, 0.4) is 0 Å². The minimum absolute atomic E-state index is 0.0781. The van der Waals surface area contributed by atoms with E-state index in [4.69, 9.17) is 4.74 Å². The molecule has 0 bridgehead atoms. The third kappa shape index (κ3) is 1.89. The highest BCUT2D eigenvalue weighted by molar-refractivity contribution is 5.92. The number of hydrogen-bond donors (Lipinski definition) is 1. The fourth-order valence-corrected chi connectivity index (χ4v) is 7.41. The zero-order valence-electron chi connectivity index (χ0n) is 15.7. The number of allylic oxidation sites excluding steroid dienone is 4.